The van der Waals surface area contributed by atoms with Crippen molar-refractivity contribution in [1.82, 2.24) is 14.7 Å². The molecule has 0 radical (unpaired) electrons. The Morgan fingerprint density at radius 3 is 2.04 bits per heavy atom. The Bertz CT molecular complexity index is 588. The molecule has 0 spiro atoms. The molecule has 156 valence electrons. The van der Waals surface area contributed by atoms with Crippen LogP contribution in [0.1, 0.15) is 64.2 Å². The van der Waals surface area contributed by atoms with E-state index in [0.29, 0.717) is 24.8 Å². The zero-order valence-electron chi connectivity index (χ0n) is 17.1. The second-order valence-corrected chi connectivity index (χ2v) is 9.34. The Balaban J connectivity index is 1.22. The number of hydrogen-bond acceptors (Lipinski definition) is 3. The first kappa shape index (κ1) is 19.7. The van der Waals surface area contributed by atoms with Gasteiger partial charge in [-0.25, -0.2) is 0 Å². The zero-order chi connectivity index (χ0) is 19.5. The number of nitrogens with zero attached hydrogens (tertiary/aromatic N) is 3. The van der Waals surface area contributed by atoms with E-state index in [9.17, 15) is 14.4 Å². The molecular weight excluding hydrogens is 354 g/mol. The molecular formula is C22H35N3O3. The van der Waals surface area contributed by atoms with Crippen LogP contribution in [0.25, 0.3) is 0 Å². The summed E-state index contributed by atoms with van der Waals surface area (Å²) in [5, 5.41) is 0. The molecule has 0 aromatic heterocycles. The number of carbonyl (C=O) groups is 3. The maximum Gasteiger partial charge on any atom is 0.227 e. The quantitative estimate of drug-likeness (QED) is 0.741. The van der Waals surface area contributed by atoms with E-state index in [1.807, 2.05) is 9.80 Å². The number of carbonyl (C=O) groups excluding carboxylic acids is 3. The highest BCUT2D eigenvalue weighted by Crippen LogP contribution is 2.29. The van der Waals surface area contributed by atoms with E-state index in [-0.39, 0.29) is 23.7 Å². The SMILES string of the molecule is O=C1CC(C(=O)N2CCCC2)CN1CC1CCN(C(=O)C2CCCCC2)CC1. The number of amides is 3. The van der Waals surface area contributed by atoms with Crippen molar-refractivity contribution >= 4 is 17.7 Å². The van der Waals surface area contributed by atoms with Crippen LogP contribution < -0.4 is 0 Å². The molecule has 1 atom stereocenters. The van der Waals surface area contributed by atoms with Crippen LogP contribution in [-0.2, 0) is 14.4 Å². The highest BCUT2D eigenvalue weighted by atomic mass is 16.2. The van der Waals surface area contributed by atoms with Crippen LogP contribution >= 0.6 is 0 Å². The summed E-state index contributed by atoms with van der Waals surface area (Å²) in [5.41, 5.74) is 0. The zero-order valence-corrected chi connectivity index (χ0v) is 17.1. The van der Waals surface area contributed by atoms with Gasteiger partial charge in [-0.1, -0.05) is 19.3 Å². The van der Waals surface area contributed by atoms with Crippen molar-refractivity contribution < 1.29 is 14.4 Å². The smallest absolute Gasteiger partial charge is 0.227 e. The van der Waals surface area contributed by atoms with Crippen molar-refractivity contribution in [1.29, 1.82) is 0 Å². The van der Waals surface area contributed by atoms with Gasteiger partial charge < -0.3 is 14.7 Å². The lowest BCUT2D eigenvalue weighted by Crippen LogP contribution is -2.44. The minimum atomic E-state index is -0.140. The van der Waals surface area contributed by atoms with E-state index in [1.54, 1.807) is 0 Å². The first-order valence-corrected chi connectivity index (χ1v) is 11.5. The van der Waals surface area contributed by atoms with Crippen molar-refractivity contribution in [2.75, 3.05) is 39.3 Å². The summed E-state index contributed by atoms with van der Waals surface area (Å²) in [5.74, 6) is 1.26. The molecule has 1 aliphatic carbocycles. The fourth-order valence-corrected chi connectivity index (χ4v) is 5.57. The molecule has 0 bridgehead atoms. The van der Waals surface area contributed by atoms with Crippen molar-refractivity contribution in [3.8, 4) is 0 Å². The van der Waals surface area contributed by atoms with Gasteiger partial charge in [0.2, 0.25) is 17.7 Å². The van der Waals surface area contributed by atoms with Gasteiger partial charge in [-0.15, -0.1) is 0 Å². The fraction of sp³-hybridized carbons (Fsp3) is 0.864. The Hall–Kier alpha value is -1.59. The molecule has 1 unspecified atom stereocenters. The summed E-state index contributed by atoms with van der Waals surface area (Å²) >= 11 is 0. The first-order chi connectivity index (χ1) is 13.6. The number of likely N-dealkylation sites (tertiary alicyclic amines) is 3. The molecule has 0 aromatic rings. The molecule has 6 nitrogen and oxygen atoms in total. The molecule has 3 saturated heterocycles. The summed E-state index contributed by atoms with van der Waals surface area (Å²) in [6, 6.07) is 0. The van der Waals surface area contributed by atoms with Crippen molar-refractivity contribution in [2.24, 2.45) is 17.8 Å². The van der Waals surface area contributed by atoms with Crippen LogP contribution in [0.3, 0.4) is 0 Å². The summed E-state index contributed by atoms with van der Waals surface area (Å²) in [4.78, 5) is 43.7. The lowest BCUT2D eigenvalue weighted by molar-refractivity contribution is -0.138. The van der Waals surface area contributed by atoms with Gasteiger partial charge in [0, 0.05) is 51.6 Å². The van der Waals surface area contributed by atoms with Gasteiger partial charge in [-0.3, -0.25) is 14.4 Å². The van der Waals surface area contributed by atoms with Gasteiger partial charge in [0.1, 0.15) is 0 Å². The van der Waals surface area contributed by atoms with Crippen LogP contribution in [-0.4, -0.2) is 71.7 Å². The molecule has 0 N–H and O–H groups in total. The van der Waals surface area contributed by atoms with Gasteiger partial charge in [0.25, 0.3) is 0 Å². The highest BCUT2D eigenvalue weighted by Gasteiger charge is 2.38. The minimum absolute atomic E-state index is 0.137. The Morgan fingerprint density at radius 2 is 1.36 bits per heavy atom. The number of rotatable bonds is 4. The Kier molecular flexibility index (Phi) is 6.22. The molecule has 1 saturated carbocycles. The largest absolute Gasteiger partial charge is 0.342 e. The van der Waals surface area contributed by atoms with Crippen LogP contribution in [0.5, 0.6) is 0 Å². The Morgan fingerprint density at radius 1 is 0.750 bits per heavy atom. The molecule has 4 fully saturated rings. The second kappa shape index (κ2) is 8.83. The second-order valence-electron chi connectivity index (χ2n) is 9.34. The van der Waals surface area contributed by atoms with E-state index in [4.69, 9.17) is 0 Å². The van der Waals surface area contributed by atoms with E-state index >= 15 is 0 Å². The van der Waals surface area contributed by atoms with Crippen LogP contribution in [0, 0.1) is 17.8 Å². The standard InChI is InChI=1S/C22H35N3O3/c26-20-14-19(22(28)23-10-4-5-11-23)16-25(20)15-17-8-12-24(13-9-17)21(27)18-6-2-1-3-7-18/h17-19H,1-16H2. The monoisotopic (exact) mass is 389 g/mol. The molecule has 3 aliphatic heterocycles. The van der Waals surface area contributed by atoms with E-state index in [0.717, 1.165) is 71.2 Å². The maximum atomic E-state index is 12.7. The van der Waals surface area contributed by atoms with Crippen molar-refractivity contribution in [3.63, 3.8) is 0 Å². The van der Waals surface area contributed by atoms with Gasteiger partial charge in [0.05, 0.1) is 5.92 Å². The van der Waals surface area contributed by atoms with Crippen LogP contribution in [0.4, 0.5) is 0 Å². The molecule has 28 heavy (non-hydrogen) atoms. The average Bonchev–Trinajstić information content (AvgIpc) is 3.39. The summed E-state index contributed by atoms with van der Waals surface area (Å²) in [7, 11) is 0. The van der Waals surface area contributed by atoms with Gasteiger partial charge in [-0.2, -0.15) is 0 Å². The van der Waals surface area contributed by atoms with Crippen molar-refractivity contribution in [2.45, 2.75) is 64.2 Å². The highest BCUT2D eigenvalue weighted by molar-refractivity contribution is 5.89. The van der Waals surface area contributed by atoms with E-state index < -0.39 is 0 Å². The number of piperidine rings is 1. The molecule has 4 rings (SSSR count). The van der Waals surface area contributed by atoms with Crippen LogP contribution in [0.15, 0.2) is 0 Å². The lowest BCUT2D eigenvalue weighted by atomic mass is 9.87. The van der Waals surface area contributed by atoms with Gasteiger partial charge >= 0.3 is 0 Å². The molecule has 4 aliphatic rings. The van der Waals surface area contributed by atoms with Gasteiger partial charge in [-0.05, 0) is 44.4 Å². The summed E-state index contributed by atoms with van der Waals surface area (Å²) in [6.07, 6.45) is 10.3. The predicted molar refractivity (Wildman–Crippen MR) is 106 cm³/mol. The third-order valence-electron chi connectivity index (χ3n) is 7.34. The van der Waals surface area contributed by atoms with E-state index in [2.05, 4.69) is 4.90 Å². The first-order valence-electron chi connectivity index (χ1n) is 11.5. The predicted octanol–water partition coefficient (Wildman–Crippen LogP) is 2.28. The third-order valence-corrected chi connectivity index (χ3v) is 7.34. The Labute approximate surface area is 168 Å². The fourth-order valence-electron chi connectivity index (χ4n) is 5.57. The normalized spacial score (nSPS) is 27.6. The topological polar surface area (TPSA) is 60.9 Å². The summed E-state index contributed by atoms with van der Waals surface area (Å²) in [6.45, 7) is 4.73. The molecule has 0 aromatic carbocycles. The molecule has 3 amide bonds. The minimum Gasteiger partial charge on any atom is -0.342 e. The summed E-state index contributed by atoms with van der Waals surface area (Å²) < 4.78 is 0. The lowest BCUT2D eigenvalue weighted by Gasteiger charge is -2.36. The third kappa shape index (κ3) is 4.36. The number of hydrogen-bond donors (Lipinski definition) is 0. The molecule has 3 heterocycles. The molecule has 6 heteroatoms. The van der Waals surface area contributed by atoms with Crippen molar-refractivity contribution in [3.05, 3.63) is 0 Å². The van der Waals surface area contributed by atoms with E-state index in [1.165, 1.54) is 19.3 Å². The maximum absolute atomic E-state index is 12.7. The van der Waals surface area contributed by atoms with Crippen LogP contribution in [0.2, 0.25) is 0 Å². The van der Waals surface area contributed by atoms with Gasteiger partial charge in [0.15, 0.2) is 0 Å². The average molecular weight is 390 g/mol.